The van der Waals surface area contributed by atoms with E-state index in [1.54, 1.807) is 0 Å². The molecule has 0 radical (unpaired) electrons. The van der Waals surface area contributed by atoms with Crippen molar-refractivity contribution in [2.45, 2.75) is 19.3 Å². The molecule has 0 aliphatic heterocycles. The quantitative estimate of drug-likeness (QED) is 0.167. The van der Waals surface area contributed by atoms with Crippen LogP contribution in [0.2, 0.25) is 0 Å². The highest BCUT2D eigenvalue weighted by Gasteiger charge is 2.39. The summed E-state index contributed by atoms with van der Waals surface area (Å²) in [5, 5.41) is 11.8. The van der Waals surface area contributed by atoms with Crippen LogP contribution in [-0.2, 0) is 5.41 Å². The van der Waals surface area contributed by atoms with Crippen LogP contribution >= 0.6 is 0 Å². The zero-order valence-corrected chi connectivity index (χ0v) is 34.1. The zero-order valence-electron chi connectivity index (χ0n) is 34.1. The Hall–Kier alpha value is -7.95. The maximum absolute atomic E-state index is 6.86. The average molecular weight is 792 g/mol. The van der Waals surface area contributed by atoms with Crippen molar-refractivity contribution in [3.63, 3.8) is 0 Å². The zero-order chi connectivity index (χ0) is 41.1. The first-order valence-electron chi connectivity index (χ1n) is 21.3. The lowest BCUT2D eigenvalue weighted by molar-refractivity contribution is 0.653. The molecule has 0 N–H and O–H groups in total. The molecule has 1 aliphatic carbocycles. The summed E-state index contributed by atoms with van der Waals surface area (Å²) in [6, 6.07) is 67.2. The molecule has 0 unspecified atom stereocenters. The Kier molecular flexibility index (Phi) is 7.32. The summed E-state index contributed by atoms with van der Waals surface area (Å²) in [5.74, 6) is 1.84. The minimum atomic E-state index is -0.268. The van der Waals surface area contributed by atoms with Gasteiger partial charge in [-0.2, -0.15) is 0 Å². The molecule has 290 valence electrons. The highest BCUT2D eigenvalue weighted by atomic mass is 16.3. The Morgan fingerprint density at radius 1 is 0.371 bits per heavy atom. The Labute approximate surface area is 357 Å². The van der Waals surface area contributed by atoms with E-state index in [2.05, 4.69) is 190 Å². The third kappa shape index (κ3) is 5.10. The molecule has 0 amide bonds. The topological polar surface area (TPSA) is 51.8 Å². The Balaban J connectivity index is 1.06. The number of fused-ring (bicyclic) bond motifs is 14. The Bertz CT molecular complexity index is 3830. The predicted octanol–water partition coefficient (Wildman–Crippen LogP) is 15.4. The first-order valence-corrected chi connectivity index (χ1v) is 21.3. The van der Waals surface area contributed by atoms with Gasteiger partial charge in [-0.05, 0) is 89.1 Å². The molecule has 0 bridgehead atoms. The van der Waals surface area contributed by atoms with Gasteiger partial charge in [-0.25, -0.2) is 15.0 Å². The fraction of sp³-hybridized carbons (Fsp3) is 0.0517. The average Bonchev–Trinajstić information content (AvgIpc) is 3.83. The summed E-state index contributed by atoms with van der Waals surface area (Å²) in [6.07, 6.45) is 0. The summed E-state index contributed by atoms with van der Waals surface area (Å²) >= 11 is 0. The van der Waals surface area contributed by atoms with Crippen LogP contribution in [0.5, 0.6) is 0 Å². The molecule has 0 fully saturated rings. The van der Waals surface area contributed by atoms with Crippen molar-refractivity contribution in [2.24, 2.45) is 0 Å². The molecule has 0 spiro atoms. The molecule has 0 atom stereocenters. The highest BCUT2D eigenvalue weighted by molar-refractivity contribution is 6.22. The molecule has 2 heterocycles. The van der Waals surface area contributed by atoms with E-state index >= 15 is 0 Å². The van der Waals surface area contributed by atoms with Crippen molar-refractivity contribution in [2.75, 3.05) is 0 Å². The van der Waals surface area contributed by atoms with Gasteiger partial charge >= 0.3 is 0 Å². The molecule has 62 heavy (non-hydrogen) atoms. The maximum Gasteiger partial charge on any atom is 0.164 e. The molecule has 4 heteroatoms. The highest BCUT2D eigenvalue weighted by Crippen LogP contribution is 2.54. The number of aromatic nitrogens is 3. The predicted molar refractivity (Wildman–Crippen MR) is 256 cm³/mol. The molecule has 13 rings (SSSR count). The van der Waals surface area contributed by atoms with Gasteiger partial charge in [-0.3, -0.25) is 0 Å². The maximum atomic E-state index is 6.86. The number of benzene rings is 10. The SMILES string of the molecule is CC1(C)c2ccccc2-c2c1cc(-c1nc(-c3ccc(-c4ccccc4)cc3)nc(-c3ccc4ccc5c(ccc6c7ccccc7ccc65)c4c3)n1)c1c2oc2ccccc21. The van der Waals surface area contributed by atoms with E-state index in [4.69, 9.17) is 19.4 Å². The van der Waals surface area contributed by atoms with Crippen LogP contribution < -0.4 is 0 Å². The number of hydrogen-bond acceptors (Lipinski definition) is 4. The van der Waals surface area contributed by atoms with Crippen LogP contribution in [0.25, 0.3) is 121 Å². The minimum absolute atomic E-state index is 0.268. The van der Waals surface area contributed by atoms with Crippen LogP contribution in [0, 0.1) is 0 Å². The monoisotopic (exact) mass is 791 g/mol. The van der Waals surface area contributed by atoms with Crippen LogP contribution in [0.3, 0.4) is 0 Å². The molecule has 2 aromatic heterocycles. The number of hydrogen-bond donors (Lipinski definition) is 0. The van der Waals surface area contributed by atoms with Gasteiger partial charge in [0.25, 0.3) is 0 Å². The van der Waals surface area contributed by atoms with Crippen molar-refractivity contribution in [3.05, 3.63) is 199 Å². The van der Waals surface area contributed by atoms with Crippen molar-refractivity contribution in [1.82, 2.24) is 15.0 Å². The van der Waals surface area contributed by atoms with E-state index in [1.165, 1.54) is 54.4 Å². The van der Waals surface area contributed by atoms with E-state index in [9.17, 15) is 0 Å². The summed E-state index contributed by atoms with van der Waals surface area (Å²) in [5.41, 5.74) is 11.4. The van der Waals surface area contributed by atoms with Gasteiger partial charge in [0.1, 0.15) is 11.2 Å². The lowest BCUT2D eigenvalue weighted by Crippen LogP contribution is -2.15. The van der Waals surface area contributed by atoms with Crippen molar-refractivity contribution in [3.8, 4) is 56.4 Å². The van der Waals surface area contributed by atoms with Gasteiger partial charge in [-0.1, -0.05) is 184 Å². The lowest BCUT2D eigenvalue weighted by atomic mass is 9.81. The minimum Gasteiger partial charge on any atom is -0.455 e. The molecule has 1 aliphatic rings. The van der Waals surface area contributed by atoms with Crippen molar-refractivity contribution < 1.29 is 4.42 Å². The molecule has 0 saturated heterocycles. The van der Waals surface area contributed by atoms with Crippen LogP contribution in [0.4, 0.5) is 0 Å². The molecule has 10 aromatic carbocycles. The first kappa shape index (κ1) is 34.9. The molecule has 4 nitrogen and oxygen atoms in total. The van der Waals surface area contributed by atoms with Crippen LogP contribution in [0.15, 0.2) is 192 Å². The standard InChI is InChI=1S/C58H37N3O/c1-58(2)49-18-10-8-16-45(49)53-50(58)33-48(52-46-17-9-11-19-51(46)62-54(52)53)57-60-55(38-23-20-35(21-24-38)34-12-4-3-5-13-34)59-56(61-57)39-25-22-37-27-29-43-42-28-26-36-14-6-7-15-40(36)41(42)30-31-44(43)47(37)32-39/h3-33H,1-2H3. The molecule has 0 saturated carbocycles. The Morgan fingerprint density at radius 3 is 1.73 bits per heavy atom. The smallest absolute Gasteiger partial charge is 0.164 e. The second-order valence-electron chi connectivity index (χ2n) is 17.1. The molecular weight excluding hydrogens is 755 g/mol. The van der Waals surface area contributed by atoms with E-state index in [-0.39, 0.29) is 5.41 Å². The van der Waals surface area contributed by atoms with Crippen molar-refractivity contribution >= 4 is 65.0 Å². The fourth-order valence-corrected chi connectivity index (χ4v) is 10.2. The summed E-state index contributed by atoms with van der Waals surface area (Å²) in [6.45, 7) is 4.61. The largest absolute Gasteiger partial charge is 0.455 e. The first-order chi connectivity index (χ1) is 30.5. The third-order valence-corrected chi connectivity index (χ3v) is 13.3. The lowest BCUT2D eigenvalue weighted by Gasteiger charge is -2.22. The van der Waals surface area contributed by atoms with Crippen molar-refractivity contribution in [1.29, 1.82) is 0 Å². The van der Waals surface area contributed by atoms with Gasteiger partial charge in [-0.15, -0.1) is 0 Å². The summed E-state index contributed by atoms with van der Waals surface area (Å²) in [7, 11) is 0. The molecule has 12 aromatic rings. The normalized spacial score (nSPS) is 13.1. The summed E-state index contributed by atoms with van der Waals surface area (Å²) < 4.78 is 6.86. The van der Waals surface area contributed by atoms with Gasteiger partial charge in [0.2, 0.25) is 0 Å². The van der Waals surface area contributed by atoms with E-state index in [1.807, 2.05) is 12.1 Å². The molecular formula is C58H37N3O. The van der Waals surface area contributed by atoms with Gasteiger partial charge in [0.05, 0.1) is 0 Å². The van der Waals surface area contributed by atoms with Crippen LogP contribution in [-0.4, -0.2) is 15.0 Å². The third-order valence-electron chi connectivity index (χ3n) is 13.3. The number of rotatable bonds is 4. The van der Waals surface area contributed by atoms with Crippen LogP contribution in [0.1, 0.15) is 25.0 Å². The van der Waals surface area contributed by atoms with Gasteiger partial charge in [0.15, 0.2) is 17.5 Å². The van der Waals surface area contributed by atoms with Gasteiger partial charge in [0, 0.05) is 38.4 Å². The Morgan fingerprint density at radius 2 is 0.919 bits per heavy atom. The van der Waals surface area contributed by atoms with E-state index in [0.29, 0.717) is 17.5 Å². The number of nitrogens with zero attached hydrogens (tertiary/aromatic N) is 3. The fourth-order valence-electron chi connectivity index (χ4n) is 10.2. The second-order valence-corrected chi connectivity index (χ2v) is 17.1. The summed E-state index contributed by atoms with van der Waals surface area (Å²) in [4.78, 5) is 16.1. The van der Waals surface area contributed by atoms with E-state index in [0.717, 1.165) is 60.7 Å². The number of furan rings is 1. The second kappa shape index (κ2) is 13.0. The number of para-hydroxylation sites is 1. The van der Waals surface area contributed by atoms with Gasteiger partial charge < -0.3 is 4.42 Å². The van der Waals surface area contributed by atoms with E-state index < -0.39 is 0 Å².